The fourth-order valence-electron chi connectivity index (χ4n) is 2.07. The monoisotopic (exact) mass is 299 g/mol. The van der Waals surface area contributed by atoms with E-state index in [1.54, 1.807) is 11.6 Å². The fraction of sp³-hybridized carbons (Fsp3) is 0.133. The van der Waals surface area contributed by atoms with Gasteiger partial charge in [0, 0.05) is 10.3 Å². The van der Waals surface area contributed by atoms with Gasteiger partial charge in [0.05, 0.1) is 23.3 Å². The smallest absolute Gasteiger partial charge is 0.339 e. The average Bonchev–Trinajstić information content (AvgIpc) is 2.89. The summed E-state index contributed by atoms with van der Waals surface area (Å²) >= 11 is 1.54. The summed E-state index contributed by atoms with van der Waals surface area (Å²) in [6, 6.07) is 9.11. The zero-order valence-corrected chi connectivity index (χ0v) is 12.1. The molecule has 1 aromatic carbocycles. The fourth-order valence-corrected chi connectivity index (χ4v) is 2.79. The van der Waals surface area contributed by atoms with Crippen molar-refractivity contribution in [1.82, 2.24) is 9.97 Å². The van der Waals surface area contributed by atoms with Gasteiger partial charge >= 0.3 is 5.97 Å². The number of aryl methyl sites for hydroxylation is 1. The van der Waals surface area contributed by atoms with Crippen LogP contribution in [-0.2, 0) is 6.54 Å². The maximum atomic E-state index is 11.4. The Labute approximate surface area is 125 Å². The topological polar surface area (TPSA) is 75.1 Å². The summed E-state index contributed by atoms with van der Waals surface area (Å²) in [7, 11) is 0. The zero-order valence-electron chi connectivity index (χ0n) is 11.3. The quantitative estimate of drug-likeness (QED) is 0.773. The number of carbonyl (C=O) groups is 1. The molecule has 2 N–H and O–H groups in total. The predicted octanol–water partition coefficient (Wildman–Crippen LogP) is 3.31. The molecule has 0 saturated heterocycles. The molecule has 0 spiro atoms. The van der Waals surface area contributed by atoms with Crippen LogP contribution in [0.15, 0.2) is 35.8 Å². The number of benzene rings is 1. The number of para-hydroxylation sites is 1. The Kier molecular flexibility index (Phi) is 3.53. The number of fused-ring (bicyclic) bond motifs is 1. The number of nitrogens with zero attached hydrogens (tertiary/aromatic N) is 2. The normalized spacial score (nSPS) is 10.7. The van der Waals surface area contributed by atoms with Gasteiger partial charge < -0.3 is 10.4 Å². The van der Waals surface area contributed by atoms with Gasteiger partial charge in [-0.25, -0.2) is 14.8 Å². The molecule has 0 aliphatic heterocycles. The van der Waals surface area contributed by atoms with E-state index in [4.69, 9.17) is 0 Å². The maximum Gasteiger partial charge on any atom is 0.339 e. The second-order valence-corrected chi connectivity index (χ2v) is 5.54. The van der Waals surface area contributed by atoms with Crippen LogP contribution < -0.4 is 5.32 Å². The number of anilines is 1. The number of thiazole rings is 1. The predicted molar refractivity (Wildman–Crippen MR) is 82.9 cm³/mol. The molecule has 21 heavy (non-hydrogen) atoms. The van der Waals surface area contributed by atoms with Crippen molar-refractivity contribution in [2.24, 2.45) is 0 Å². The highest BCUT2D eigenvalue weighted by atomic mass is 32.1. The lowest BCUT2D eigenvalue weighted by molar-refractivity contribution is 0.0697. The summed E-state index contributed by atoms with van der Waals surface area (Å²) in [6.07, 6.45) is 0. The van der Waals surface area contributed by atoms with Crippen LogP contribution in [0.5, 0.6) is 0 Å². The first-order valence-corrected chi connectivity index (χ1v) is 7.29. The van der Waals surface area contributed by atoms with Gasteiger partial charge in [-0.05, 0) is 19.1 Å². The van der Waals surface area contributed by atoms with Crippen molar-refractivity contribution in [3.63, 3.8) is 0 Å². The number of aromatic carboxylic acids is 1. The third-order valence-electron chi connectivity index (χ3n) is 3.22. The molecule has 3 aromatic rings. The standard InChI is InChI=1S/C15H13N3O2S/c1-9-13(21-8-17-9)7-16-14-11(15(19)20)6-10-4-2-3-5-12(10)18-14/h2-6,8H,7H2,1H3,(H,16,18)(H,19,20). The van der Waals surface area contributed by atoms with Crippen molar-refractivity contribution < 1.29 is 9.90 Å². The lowest BCUT2D eigenvalue weighted by Gasteiger charge is -2.09. The SMILES string of the molecule is Cc1ncsc1CNc1nc2ccccc2cc1C(=O)O. The van der Waals surface area contributed by atoms with E-state index in [1.165, 1.54) is 11.3 Å². The van der Waals surface area contributed by atoms with Gasteiger partial charge in [0.2, 0.25) is 0 Å². The lowest BCUT2D eigenvalue weighted by Crippen LogP contribution is -2.08. The molecule has 0 aliphatic rings. The zero-order chi connectivity index (χ0) is 14.8. The first kappa shape index (κ1) is 13.5. The van der Waals surface area contributed by atoms with E-state index in [-0.39, 0.29) is 5.56 Å². The number of nitrogens with one attached hydrogen (secondary N) is 1. The molecule has 0 unspecified atom stereocenters. The summed E-state index contributed by atoms with van der Waals surface area (Å²) < 4.78 is 0. The molecule has 0 saturated carbocycles. The van der Waals surface area contributed by atoms with Gasteiger partial charge in [0.25, 0.3) is 0 Å². The Balaban J connectivity index is 1.97. The van der Waals surface area contributed by atoms with Gasteiger partial charge in [0.1, 0.15) is 11.4 Å². The molecule has 0 bridgehead atoms. The van der Waals surface area contributed by atoms with Crippen LogP contribution in [0.3, 0.4) is 0 Å². The van der Waals surface area contributed by atoms with Crippen LogP contribution in [-0.4, -0.2) is 21.0 Å². The molecule has 0 fully saturated rings. The average molecular weight is 299 g/mol. The Bertz CT molecular complexity index is 814. The van der Waals surface area contributed by atoms with E-state index < -0.39 is 5.97 Å². The van der Waals surface area contributed by atoms with Crippen LogP contribution >= 0.6 is 11.3 Å². The first-order valence-electron chi connectivity index (χ1n) is 6.41. The first-order chi connectivity index (χ1) is 10.1. The number of pyridine rings is 1. The van der Waals surface area contributed by atoms with Gasteiger partial charge in [-0.15, -0.1) is 11.3 Å². The van der Waals surface area contributed by atoms with E-state index in [9.17, 15) is 9.90 Å². The molecule has 0 radical (unpaired) electrons. The summed E-state index contributed by atoms with van der Waals surface area (Å²) in [5, 5.41) is 13.3. The van der Waals surface area contributed by atoms with Gasteiger partial charge in [0.15, 0.2) is 0 Å². The lowest BCUT2D eigenvalue weighted by atomic mass is 10.1. The van der Waals surface area contributed by atoms with E-state index in [2.05, 4.69) is 15.3 Å². The number of hydrogen-bond donors (Lipinski definition) is 2. The molecule has 3 rings (SSSR count). The second kappa shape index (κ2) is 5.49. The highest BCUT2D eigenvalue weighted by Crippen LogP contribution is 2.22. The minimum Gasteiger partial charge on any atom is -0.478 e. The minimum atomic E-state index is -0.989. The summed E-state index contributed by atoms with van der Waals surface area (Å²) in [5.74, 6) is -0.606. The molecule has 0 aliphatic carbocycles. The van der Waals surface area contributed by atoms with Crippen molar-refractivity contribution in [2.45, 2.75) is 13.5 Å². The van der Waals surface area contributed by atoms with Crippen LogP contribution in [0.25, 0.3) is 10.9 Å². The van der Waals surface area contributed by atoms with E-state index in [0.717, 1.165) is 21.5 Å². The van der Waals surface area contributed by atoms with Crippen LogP contribution in [0.1, 0.15) is 20.9 Å². The highest BCUT2D eigenvalue weighted by Gasteiger charge is 2.13. The third kappa shape index (κ3) is 2.71. The van der Waals surface area contributed by atoms with E-state index >= 15 is 0 Å². The largest absolute Gasteiger partial charge is 0.478 e. The number of carboxylic acids is 1. The summed E-state index contributed by atoms with van der Waals surface area (Å²) in [4.78, 5) is 21.1. The molecule has 2 aromatic heterocycles. The van der Waals surface area contributed by atoms with Crippen molar-refractivity contribution in [1.29, 1.82) is 0 Å². The van der Waals surface area contributed by atoms with Crippen molar-refractivity contribution >= 4 is 34.0 Å². The van der Waals surface area contributed by atoms with Crippen LogP contribution in [0, 0.1) is 6.92 Å². The van der Waals surface area contributed by atoms with Crippen molar-refractivity contribution in [3.05, 3.63) is 52.0 Å². The molecule has 0 amide bonds. The Morgan fingerprint density at radius 3 is 2.90 bits per heavy atom. The van der Waals surface area contributed by atoms with E-state index in [0.29, 0.717) is 12.4 Å². The van der Waals surface area contributed by atoms with Gasteiger partial charge in [-0.3, -0.25) is 0 Å². The second-order valence-electron chi connectivity index (χ2n) is 4.60. The number of aromatic nitrogens is 2. The maximum absolute atomic E-state index is 11.4. The molecule has 5 nitrogen and oxygen atoms in total. The van der Waals surface area contributed by atoms with Crippen molar-refractivity contribution in [2.75, 3.05) is 5.32 Å². The molecule has 2 heterocycles. The number of hydrogen-bond acceptors (Lipinski definition) is 5. The highest BCUT2D eigenvalue weighted by molar-refractivity contribution is 7.09. The van der Waals surface area contributed by atoms with Crippen LogP contribution in [0.4, 0.5) is 5.82 Å². The molecule has 0 atom stereocenters. The van der Waals surface area contributed by atoms with Gasteiger partial charge in [-0.1, -0.05) is 18.2 Å². The van der Waals surface area contributed by atoms with Crippen molar-refractivity contribution in [3.8, 4) is 0 Å². The Hall–Kier alpha value is -2.47. The number of carboxylic acid groups (broad SMARTS) is 1. The Morgan fingerprint density at radius 1 is 1.38 bits per heavy atom. The third-order valence-corrected chi connectivity index (χ3v) is 4.15. The van der Waals surface area contributed by atoms with Crippen LogP contribution in [0.2, 0.25) is 0 Å². The molecular formula is C15H13N3O2S. The summed E-state index contributed by atoms with van der Waals surface area (Å²) in [5.41, 5.74) is 3.67. The van der Waals surface area contributed by atoms with E-state index in [1.807, 2.05) is 31.2 Å². The number of rotatable bonds is 4. The minimum absolute atomic E-state index is 0.177. The molecular weight excluding hydrogens is 286 g/mol. The van der Waals surface area contributed by atoms with Gasteiger partial charge in [-0.2, -0.15) is 0 Å². The summed E-state index contributed by atoms with van der Waals surface area (Å²) in [6.45, 7) is 2.45. The Morgan fingerprint density at radius 2 is 2.19 bits per heavy atom. The molecule has 6 heteroatoms. The molecule has 106 valence electrons.